The standard InChI is InChI=1S/C24H19BrClFN4O/c1-13-6-11-18(19(12-13)28-2)29-24(32)15-9-7-14(8-10-15)21-22(25)31-23(30-21)20-16(26)4-3-5-17(20)27/h3-12,28H,1-2H3,(H,29,32)(H,30,31). The van der Waals surface area contributed by atoms with E-state index in [1.165, 1.54) is 6.07 Å². The van der Waals surface area contributed by atoms with Gasteiger partial charge in [0.25, 0.3) is 5.91 Å². The van der Waals surface area contributed by atoms with Gasteiger partial charge in [0, 0.05) is 18.2 Å². The van der Waals surface area contributed by atoms with E-state index in [-0.39, 0.29) is 16.5 Å². The number of benzene rings is 3. The Kier molecular flexibility index (Phi) is 6.30. The molecule has 1 aromatic heterocycles. The van der Waals surface area contributed by atoms with Gasteiger partial charge in [0.1, 0.15) is 21.9 Å². The van der Waals surface area contributed by atoms with E-state index in [4.69, 9.17) is 11.6 Å². The van der Waals surface area contributed by atoms with E-state index in [0.717, 1.165) is 16.8 Å². The van der Waals surface area contributed by atoms with Crippen molar-refractivity contribution in [2.45, 2.75) is 6.92 Å². The van der Waals surface area contributed by atoms with Gasteiger partial charge >= 0.3 is 0 Å². The molecule has 0 aliphatic carbocycles. The summed E-state index contributed by atoms with van der Waals surface area (Å²) >= 11 is 9.60. The lowest BCUT2D eigenvalue weighted by atomic mass is 10.1. The van der Waals surface area contributed by atoms with Gasteiger partial charge in [-0.1, -0.05) is 35.9 Å². The molecule has 0 aliphatic rings. The molecule has 0 saturated heterocycles. The Hall–Kier alpha value is -3.16. The van der Waals surface area contributed by atoms with Gasteiger partial charge in [-0.25, -0.2) is 9.37 Å². The highest BCUT2D eigenvalue weighted by molar-refractivity contribution is 9.10. The van der Waals surface area contributed by atoms with Crippen LogP contribution in [0.2, 0.25) is 5.02 Å². The Morgan fingerprint density at radius 2 is 1.84 bits per heavy atom. The van der Waals surface area contributed by atoms with E-state index >= 15 is 0 Å². The van der Waals surface area contributed by atoms with Crippen LogP contribution >= 0.6 is 27.5 Å². The average molecular weight is 514 g/mol. The molecular formula is C24H19BrClFN4O. The largest absolute Gasteiger partial charge is 0.386 e. The topological polar surface area (TPSA) is 69.8 Å². The van der Waals surface area contributed by atoms with Crippen LogP contribution in [0, 0.1) is 12.7 Å². The van der Waals surface area contributed by atoms with Crippen molar-refractivity contribution in [1.29, 1.82) is 0 Å². The molecule has 1 amide bonds. The Morgan fingerprint density at radius 3 is 2.53 bits per heavy atom. The number of amides is 1. The summed E-state index contributed by atoms with van der Waals surface area (Å²) in [7, 11) is 1.81. The zero-order chi connectivity index (χ0) is 22.8. The summed E-state index contributed by atoms with van der Waals surface area (Å²) in [4.78, 5) is 20.3. The fraction of sp³-hybridized carbons (Fsp3) is 0.0833. The van der Waals surface area contributed by atoms with Gasteiger partial charge in [0.15, 0.2) is 0 Å². The first-order valence-electron chi connectivity index (χ1n) is 9.77. The van der Waals surface area contributed by atoms with E-state index in [0.29, 0.717) is 27.4 Å². The van der Waals surface area contributed by atoms with Crippen LogP contribution in [-0.2, 0) is 0 Å². The maximum Gasteiger partial charge on any atom is 0.255 e. The molecule has 0 atom stereocenters. The first kappa shape index (κ1) is 22.0. The van der Waals surface area contributed by atoms with Crippen LogP contribution in [0.3, 0.4) is 0 Å². The normalized spacial score (nSPS) is 10.8. The Labute approximate surface area is 198 Å². The predicted molar refractivity (Wildman–Crippen MR) is 131 cm³/mol. The highest BCUT2D eigenvalue weighted by Crippen LogP contribution is 2.34. The number of carbonyl (C=O) groups excluding carboxylic acids is 1. The summed E-state index contributed by atoms with van der Waals surface area (Å²) in [5.74, 6) is -0.373. The smallest absolute Gasteiger partial charge is 0.255 e. The quantitative estimate of drug-likeness (QED) is 0.272. The zero-order valence-electron chi connectivity index (χ0n) is 17.3. The molecule has 32 heavy (non-hydrogen) atoms. The van der Waals surface area contributed by atoms with Gasteiger partial charge in [0.05, 0.1) is 22.0 Å². The van der Waals surface area contributed by atoms with Crippen molar-refractivity contribution in [1.82, 2.24) is 9.97 Å². The molecule has 5 nitrogen and oxygen atoms in total. The number of hydrogen-bond donors (Lipinski definition) is 3. The number of imidazole rings is 1. The molecule has 1 heterocycles. The lowest BCUT2D eigenvalue weighted by Crippen LogP contribution is -2.13. The van der Waals surface area contributed by atoms with E-state index < -0.39 is 5.82 Å². The first-order valence-corrected chi connectivity index (χ1v) is 10.9. The highest BCUT2D eigenvalue weighted by Gasteiger charge is 2.17. The van der Waals surface area contributed by atoms with E-state index in [9.17, 15) is 9.18 Å². The molecule has 3 N–H and O–H groups in total. The van der Waals surface area contributed by atoms with Crippen LogP contribution in [0.15, 0.2) is 65.3 Å². The molecular weight excluding hydrogens is 495 g/mol. The lowest BCUT2D eigenvalue weighted by Gasteiger charge is -2.12. The van der Waals surface area contributed by atoms with Gasteiger partial charge in [-0.3, -0.25) is 4.79 Å². The number of aromatic amines is 1. The maximum atomic E-state index is 14.3. The Balaban J connectivity index is 1.58. The molecule has 0 fully saturated rings. The van der Waals surface area contributed by atoms with Crippen molar-refractivity contribution >= 4 is 44.8 Å². The number of aromatic nitrogens is 2. The molecule has 0 aliphatic heterocycles. The minimum absolute atomic E-state index is 0.204. The summed E-state index contributed by atoms with van der Waals surface area (Å²) in [6.07, 6.45) is 0. The molecule has 0 saturated carbocycles. The zero-order valence-corrected chi connectivity index (χ0v) is 19.6. The summed E-state index contributed by atoms with van der Waals surface area (Å²) in [6, 6.07) is 17.3. The molecule has 0 unspecified atom stereocenters. The average Bonchev–Trinajstić information content (AvgIpc) is 3.16. The van der Waals surface area contributed by atoms with Crippen molar-refractivity contribution in [3.8, 4) is 22.6 Å². The number of aryl methyl sites for hydroxylation is 1. The third kappa shape index (κ3) is 4.40. The van der Waals surface area contributed by atoms with E-state index in [1.807, 2.05) is 32.2 Å². The molecule has 4 rings (SSSR count). The third-order valence-electron chi connectivity index (χ3n) is 4.97. The fourth-order valence-corrected chi connectivity index (χ4v) is 4.09. The second-order valence-electron chi connectivity index (χ2n) is 7.18. The number of carbonyl (C=O) groups is 1. The summed E-state index contributed by atoms with van der Waals surface area (Å²) < 4.78 is 14.9. The van der Waals surface area contributed by atoms with Crippen LogP contribution in [0.25, 0.3) is 22.6 Å². The van der Waals surface area contributed by atoms with Crippen molar-refractivity contribution in [3.05, 3.63) is 87.2 Å². The van der Waals surface area contributed by atoms with Gasteiger partial charge < -0.3 is 15.6 Å². The summed E-state index contributed by atoms with van der Waals surface area (Å²) in [5, 5.41) is 6.28. The number of hydrogen-bond acceptors (Lipinski definition) is 3. The van der Waals surface area contributed by atoms with Crippen molar-refractivity contribution in [3.63, 3.8) is 0 Å². The summed E-state index contributed by atoms with van der Waals surface area (Å²) in [5.41, 5.74) is 4.69. The second-order valence-corrected chi connectivity index (χ2v) is 8.38. The minimum atomic E-state index is -0.464. The first-order chi connectivity index (χ1) is 15.4. The molecule has 3 aromatic carbocycles. The maximum absolute atomic E-state index is 14.3. The lowest BCUT2D eigenvalue weighted by molar-refractivity contribution is 0.102. The van der Waals surface area contributed by atoms with Crippen LogP contribution in [0.5, 0.6) is 0 Å². The van der Waals surface area contributed by atoms with Crippen molar-refractivity contribution in [2.24, 2.45) is 0 Å². The Bertz CT molecular complexity index is 1280. The van der Waals surface area contributed by atoms with Gasteiger partial charge in [-0.15, -0.1) is 0 Å². The van der Waals surface area contributed by atoms with Gasteiger partial charge in [0.2, 0.25) is 0 Å². The number of H-pyrrole nitrogens is 1. The van der Waals surface area contributed by atoms with Crippen molar-refractivity contribution < 1.29 is 9.18 Å². The molecule has 0 bridgehead atoms. The van der Waals surface area contributed by atoms with Crippen LogP contribution in [0.1, 0.15) is 15.9 Å². The predicted octanol–water partition coefficient (Wildman–Crippen LogP) is 6.90. The molecule has 162 valence electrons. The number of halogens is 3. The highest BCUT2D eigenvalue weighted by atomic mass is 79.9. The number of nitrogens with one attached hydrogen (secondary N) is 3. The molecule has 0 spiro atoms. The van der Waals surface area contributed by atoms with E-state index in [1.54, 1.807) is 36.4 Å². The third-order valence-corrected chi connectivity index (χ3v) is 5.86. The molecule has 8 heteroatoms. The fourth-order valence-electron chi connectivity index (χ4n) is 3.33. The van der Waals surface area contributed by atoms with Gasteiger partial charge in [-0.05, 0) is 64.8 Å². The number of anilines is 2. The van der Waals surface area contributed by atoms with Crippen LogP contribution in [0.4, 0.5) is 15.8 Å². The van der Waals surface area contributed by atoms with Crippen LogP contribution in [-0.4, -0.2) is 22.9 Å². The summed E-state index contributed by atoms with van der Waals surface area (Å²) in [6.45, 7) is 1.99. The molecule has 0 radical (unpaired) electrons. The van der Waals surface area contributed by atoms with Gasteiger partial charge in [-0.2, -0.15) is 0 Å². The number of nitrogens with zero attached hydrogens (tertiary/aromatic N) is 1. The molecule has 4 aromatic rings. The Morgan fingerprint density at radius 1 is 1.09 bits per heavy atom. The van der Waals surface area contributed by atoms with E-state index in [2.05, 4.69) is 36.5 Å². The van der Waals surface area contributed by atoms with Crippen LogP contribution < -0.4 is 10.6 Å². The monoisotopic (exact) mass is 512 g/mol. The number of rotatable bonds is 5. The SMILES string of the molecule is CNc1cc(C)ccc1NC(=O)c1ccc(-c2nc(-c3c(F)cccc3Cl)[nH]c2Br)cc1. The van der Waals surface area contributed by atoms with Crippen molar-refractivity contribution in [2.75, 3.05) is 17.7 Å². The minimum Gasteiger partial charge on any atom is -0.386 e. The second kappa shape index (κ2) is 9.14.